The van der Waals surface area contributed by atoms with Crippen LogP contribution in [-0.2, 0) is 48.4 Å². The van der Waals surface area contributed by atoms with Crippen molar-refractivity contribution in [2.24, 2.45) is 0 Å². The Morgan fingerprint density at radius 2 is 1.31 bits per heavy atom. The van der Waals surface area contributed by atoms with Crippen LogP contribution in [0, 0.1) is 0 Å². The van der Waals surface area contributed by atoms with Crippen LogP contribution in [-0.4, -0.2) is 54.9 Å². The van der Waals surface area contributed by atoms with Crippen LogP contribution in [0.15, 0.2) is 91.0 Å². The van der Waals surface area contributed by atoms with Gasteiger partial charge in [-0.25, -0.2) is 0 Å². The summed E-state index contributed by atoms with van der Waals surface area (Å²) in [6.07, 6.45) is -2.25. The van der Waals surface area contributed by atoms with Gasteiger partial charge in [0, 0.05) is 6.92 Å². The van der Waals surface area contributed by atoms with Crippen molar-refractivity contribution >= 4 is 11.8 Å². The highest BCUT2D eigenvalue weighted by Crippen LogP contribution is 2.32. The Hall–Kier alpha value is -3.56. The SMILES string of the molecule is CC(=O)N[C@H]1C(=O)N[C@@H]2[C@@H](OCc3ccccc3)[C@@H](OCc3ccccc3)[C@@H](COCc3ccccc3)O[C@@H]21. The summed E-state index contributed by atoms with van der Waals surface area (Å²) < 4.78 is 25.5. The number of amides is 2. The molecule has 0 bridgehead atoms. The maximum Gasteiger partial charge on any atom is 0.245 e. The van der Waals surface area contributed by atoms with Crippen LogP contribution in [0.1, 0.15) is 23.6 Å². The van der Waals surface area contributed by atoms with Gasteiger partial charge in [0.2, 0.25) is 11.8 Å². The quantitative estimate of drug-likeness (QED) is 0.396. The topological polar surface area (TPSA) is 95.1 Å². The van der Waals surface area contributed by atoms with Crippen molar-refractivity contribution in [3.8, 4) is 0 Å². The van der Waals surface area contributed by atoms with Crippen LogP contribution in [0.2, 0.25) is 0 Å². The number of ether oxygens (including phenoxy) is 4. The maximum atomic E-state index is 13.0. The summed E-state index contributed by atoms with van der Waals surface area (Å²) in [6.45, 7) is 2.69. The normalized spacial score (nSPS) is 26.0. The monoisotopic (exact) mass is 530 g/mol. The van der Waals surface area contributed by atoms with Crippen LogP contribution in [0.5, 0.6) is 0 Å². The fourth-order valence-corrected chi connectivity index (χ4v) is 5.12. The lowest BCUT2D eigenvalue weighted by Crippen LogP contribution is -2.63. The van der Waals surface area contributed by atoms with Gasteiger partial charge in [-0.2, -0.15) is 0 Å². The molecule has 8 nitrogen and oxygen atoms in total. The van der Waals surface area contributed by atoms with E-state index in [0.717, 1.165) is 16.7 Å². The molecule has 0 aliphatic carbocycles. The number of rotatable bonds is 11. The number of nitrogens with one attached hydrogen (secondary N) is 2. The second-order valence-corrected chi connectivity index (χ2v) is 9.87. The number of carbonyl (C=O) groups excluding carboxylic acids is 2. The van der Waals surface area contributed by atoms with E-state index in [-0.39, 0.29) is 18.4 Å². The number of hydrogen-bond donors (Lipinski definition) is 2. The minimum Gasteiger partial charge on any atom is -0.374 e. The maximum absolute atomic E-state index is 13.0. The average Bonchev–Trinajstić information content (AvgIpc) is 3.26. The lowest BCUT2D eigenvalue weighted by molar-refractivity contribution is -0.228. The first-order valence-corrected chi connectivity index (χ1v) is 13.2. The Kier molecular flexibility index (Phi) is 9.00. The highest BCUT2D eigenvalue weighted by molar-refractivity contribution is 5.90. The second-order valence-electron chi connectivity index (χ2n) is 9.87. The van der Waals surface area contributed by atoms with E-state index >= 15 is 0 Å². The van der Waals surface area contributed by atoms with Gasteiger partial charge in [-0.3, -0.25) is 9.59 Å². The molecule has 5 rings (SSSR count). The Morgan fingerprint density at radius 1 is 0.795 bits per heavy atom. The summed E-state index contributed by atoms with van der Waals surface area (Å²) in [5, 5.41) is 5.75. The minimum absolute atomic E-state index is 0.226. The Balaban J connectivity index is 1.40. The zero-order valence-corrected chi connectivity index (χ0v) is 21.9. The molecule has 204 valence electrons. The van der Waals surface area contributed by atoms with Crippen molar-refractivity contribution in [1.82, 2.24) is 10.6 Å². The molecule has 0 saturated carbocycles. The van der Waals surface area contributed by atoms with Crippen molar-refractivity contribution in [2.45, 2.75) is 63.2 Å². The third kappa shape index (κ3) is 6.91. The molecule has 3 aromatic carbocycles. The average molecular weight is 531 g/mol. The number of benzene rings is 3. The molecule has 2 saturated heterocycles. The van der Waals surface area contributed by atoms with E-state index in [0.29, 0.717) is 19.8 Å². The Morgan fingerprint density at radius 3 is 1.85 bits per heavy atom. The molecule has 0 spiro atoms. The van der Waals surface area contributed by atoms with Crippen molar-refractivity contribution in [3.05, 3.63) is 108 Å². The highest BCUT2D eigenvalue weighted by Gasteiger charge is 2.56. The second kappa shape index (κ2) is 13.0. The molecule has 2 amide bonds. The van der Waals surface area contributed by atoms with Crippen molar-refractivity contribution in [3.63, 3.8) is 0 Å². The van der Waals surface area contributed by atoms with Crippen LogP contribution in [0.4, 0.5) is 0 Å². The number of fused-ring (bicyclic) bond motifs is 1. The molecule has 3 aromatic rings. The van der Waals surface area contributed by atoms with Crippen LogP contribution >= 0.6 is 0 Å². The largest absolute Gasteiger partial charge is 0.374 e. The van der Waals surface area contributed by atoms with Gasteiger partial charge in [0.1, 0.15) is 30.5 Å². The lowest BCUT2D eigenvalue weighted by atomic mass is 9.91. The van der Waals surface area contributed by atoms with Gasteiger partial charge in [-0.05, 0) is 16.7 Å². The number of hydrogen-bond acceptors (Lipinski definition) is 6. The summed E-state index contributed by atoms with van der Waals surface area (Å²) in [5.74, 6) is -0.610. The molecular weight excluding hydrogens is 496 g/mol. The molecule has 2 aliphatic heterocycles. The molecule has 8 heteroatoms. The van der Waals surface area contributed by atoms with Gasteiger partial charge in [0.15, 0.2) is 0 Å². The fraction of sp³-hybridized carbons (Fsp3) is 0.355. The molecule has 0 unspecified atom stereocenters. The highest BCUT2D eigenvalue weighted by atomic mass is 16.6. The number of carbonyl (C=O) groups is 2. The van der Waals surface area contributed by atoms with Crippen molar-refractivity contribution in [1.29, 1.82) is 0 Å². The molecular formula is C31H34N2O6. The zero-order chi connectivity index (χ0) is 27.0. The molecule has 0 aromatic heterocycles. The van der Waals surface area contributed by atoms with Crippen LogP contribution in [0.3, 0.4) is 0 Å². The molecule has 0 radical (unpaired) electrons. The molecule has 39 heavy (non-hydrogen) atoms. The first-order chi connectivity index (χ1) is 19.1. The van der Waals surface area contributed by atoms with Gasteiger partial charge >= 0.3 is 0 Å². The smallest absolute Gasteiger partial charge is 0.245 e. The fourth-order valence-electron chi connectivity index (χ4n) is 5.12. The first kappa shape index (κ1) is 27.0. The summed E-state index contributed by atoms with van der Waals surface area (Å²) >= 11 is 0. The molecule has 2 aliphatic rings. The molecule has 2 N–H and O–H groups in total. The third-order valence-corrected chi connectivity index (χ3v) is 6.97. The Bertz CT molecular complexity index is 1210. The predicted octanol–water partition coefficient (Wildman–Crippen LogP) is 3.14. The van der Waals surface area contributed by atoms with Gasteiger partial charge in [-0.15, -0.1) is 0 Å². The van der Waals surface area contributed by atoms with Gasteiger partial charge in [0.25, 0.3) is 0 Å². The third-order valence-electron chi connectivity index (χ3n) is 6.97. The summed E-state index contributed by atoms with van der Waals surface area (Å²) in [7, 11) is 0. The van der Waals surface area contributed by atoms with Crippen molar-refractivity contribution < 1.29 is 28.5 Å². The van der Waals surface area contributed by atoms with E-state index in [1.165, 1.54) is 6.92 Å². The van der Waals surface area contributed by atoms with Gasteiger partial charge < -0.3 is 29.6 Å². The predicted molar refractivity (Wildman–Crippen MR) is 144 cm³/mol. The van der Waals surface area contributed by atoms with E-state index in [1.54, 1.807) is 0 Å². The molecule has 2 heterocycles. The van der Waals surface area contributed by atoms with Crippen LogP contribution in [0.25, 0.3) is 0 Å². The summed E-state index contributed by atoms with van der Waals surface area (Å²) in [4.78, 5) is 24.9. The van der Waals surface area contributed by atoms with E-state index < -0.39 is 36.5 Å². The van der Waals surface area contributed by atoms with E-state index in [9.17, 15) is 9.59 Å². The van der Waals surface area contributed by atoms with Crippen molar-refractivity contribution in [2.75, 3.05) is 6.61 Å². The summed E-state index contributed by atoms with van der Waals surface area (Å²) in [5.41, 5.74) is 3.05. The lowest BCUT2D eigenvalue weighted by Gasteiger charge is -2.44. The molecule has 2 fully saturated rings. The Labute approximate surface area is 228 Å². The first-order valence-electron chi connectivity index (χ1n) is 13.2. The minimum atomic E-state index is -0.831. The van der Waals surface area contributed by atoms with Gasteiger partial charge in [0.05, 0.1) is 32.5 Å². The van der Waals surface area contributed by atoms with Gasteiger partial charge in [-0.1, -0.05) is 91.0 Å². The van der Waals surface area contributed by atoms with E-state index in [2.05, 4.69) is 10.6 Å². The van der Waals surface area contributed by atoms with E-state index in [4.69, 9.17) is 18.9 Å². The standard InChI is InChI=1S/C31H34N2O6/c1-21(34)32-27-29-26(33-31(27)35)30(38-19-24-15-9-4-10-16-24)28(37-18-23-13-7-3-8-14-23)25(39-29)20-36-17-22-11-5-2-6-12-22/h2-16,25-30H,17-20H2,1H3,(H,32,34)(H,33,35)/t25-,26+,27-,28+,29+,30-/m1/s1. The van der Waals surface area contributed by atoms with Crippen LogP contribution < -0.4 is 10.6 Å². The summed E-state index contributed by atoms with van der Waals surface area (Å²) in [6, 6.07) is 28.3. The van der Waals surface area contributed by atoms with E-state index in [1.807, 2.05) is 91.0 Å². The molecule has 6 atom stereocenters. The zero-order valence-electron chi connectivity index (χ0n) is 21.9.